The predicted molar refractivity (Wildman–Crippen MR) is 97.7 cm³/mol. The number of carbonyl (C=O) groups is 1. The number of aryl methyl sites for hydroxylation is 2. The van der Waals surface area contributed by atoms with Crippen molar-refractivity contribution < 1.29 is 4.79 Å². The Labute approximate surface area is 155 Å². The monoisotopic (exact) mass is 365 g/mol. The van der Waals surface area contributed by atoms with Crippen molar-refractivity contribution in [1.29, 1.82) is 0 Å². The molecule has 9 nitrogen and oxygen atoms in total. The summed E-state index contributed by atoms with van der Waals surface area (Å²) in [5.74, 6) is 0.481. The van der Waals surface area contributed by atoms with E-state index in [0.29, 0.717) is 17.6 Å². The molecule has 9 heteroatoms. The number of nitrogens with zero attached hydrogens (tertiary/aromatic N) is 6. The lowest BCUT2D eigenvalue weighted by Crippen LogP contribution is -2.28. The molecule has 0 radical (unpaired) electrons. The first-order valence-corrected chi connectivity index (χ1v) is 8.71. The maximum absolute atomic E-state index is 12.2. The summed E-state index contributed by atoms with van der Waals surface area (Å²) in [7, 11) is 0. The van der Waals surface area contributed by atoms with E-state index in [1.165, 1.54) is 29.4 Å². The highest BCUT2D eigenvalue weighted by atomic mass is 16.2. The van der Waals surface area contributed by atoms with Crippen molar-refractivity contribution in [2.75, 3.05) is 5.32 Å². The average Bonchev–Trinajstić information content (AvgIpc) is 3.42. The molecule has 0 aromatic carbocycles. The van der Waals surface area contributed by atoms with Crippen LogP contribution in [0.15, 0.2) is 35.6 Å². The second-order valence-corrected chi connectivity index (χ2v) is 6.71. The number of hydrogen-bond donors (Lipinski definition) is 1. The first kappa shape index (κ1) is 17.1. The Kier molecular flexibility index (Phi) is 4.27. The zero-order valence-corrected chi connectivity index (χ0v) is 15.1. The number of anilines is 1. The standard InChI is InChI=1S/C18H19N7O2/c1-11-5-12(2)25(23-11)18-19-7-14(8-20-18)22-16(26)9-24-10-21-15(6-17(24)27)13-3-4-13/h5-8,10,13H,3-4,9H2,1-2H3,(H,22,26). The van der Waals surface area contributed by atoms with Gasteiger partial charge in [-0.2, -0.15) is 5.10 Å². The van der Waals surface area contributed by atoms with E-state index in [0.717, 1.165) is 29.9 Å². The summed E-state index contributed by atoms with van der Waals surface area (Å²) in [5, 5.41) is 7.00. The van der Waals surface area contributed by atoms with E-state index in [9.17, 15) is 9.59 Å². The van der Waals surface area contributed by atoms with E-state index in [4.69, 9.17) is 0 Å². The second-order valence-electron chi connectivity index (χ2n) is 6.71. The van der Waals surface area contributed by atoms with E-state index >= 15 is 0 Å². The van der Waals surface area contributed by atoms with E-state index in [1.807, 2.05) is 19.9 Å². The second kappa shape index (κ2) is 6.75. The molecule has 1 N–H and O–H groups in total. The van der Waals surface area contributed by atoms with Crippen molar-refractivity contribution in [3.05, 3.63) is 58.3 Å². The summed E-state index contributed by atoms with van der Waals surface area (Å²) in [6.07, 6.45) is 6.59. The topological polar surface area (TPSA) is 108 Å². The third kappa shape index (κ3) is 3.76. The number of nitrogens with one attached hydrogen (secondary N) is 1. The molecule has 1 fully saturated rings. The number of amides is 1. The van der Waals surface area contributed by atoms with Gasteiger partial charge in [-0.25, -0.2) is 19.6 Å². The molecule has 0 saturated heterocycles. The molecule has 1 amide bonds. The van der Waals surface area contributed by atoms with Crippen molar-refractivity contribution in [1.82, 2.24) is 29.3 Å². The molecule has 1 saturated carbocycles. The zero-order chi connectivity index (χ0) is 19.0. The molecule has 138 valence electrons. The number of carbonyl (C=O) groups excluding carboxylic acids is 1. The normalized spacial score (nSPS) is 13.6. The van der Waals surface area contributed by atoms with Crippen LogP contribution in [0, 0.1) is 13.8 Å². The van der Waals surface area contributed by atoms with Gasteiger partial charge in [0, 0.05) is 17.7 Å². The minimum atomic E-state index is -0.347. The van der Waals surface area contributed by atoms with Crippen molar-refractivity contribution in [2.45, 2.75) is 39.2 Å². The van der Waals surface area contributed by atoms with Gasteiger partial charge >= 0.3 is 0 Å². The summed E-state index contributed by atoms with van der Waals surface area (Å²) in [6.45, 7) is 3.70. The first-order valence-electron chi connectivity index (χ1n) is 8.71. The van der Waals surface area contributed by atoms with Crippen LogP contribution in [-0.2, 0) is 11.3 Å². The van der Waals surface area contributed by atoms with Crippen molar-refractivity contribution >= 4 is 11.6 Å². The Morgan fingerprint density at radius 1 is 1.19 bits per heavy atom. The van der Waals surface area contributed by atoms with Gasteiger partial charge in [0.15, 0.2) is 0 Å². The van der Waals surface area contributed by atoms with Gasteiger partial charge in [-0.3, -0.25) is 14.2 Å². The highest BCUT2D eigenvalue weighted by Gasteiger charge is 2.25. The molecule has 0 bridgehead atoms. The van der Waals surface area contributed by atoms with Gasteiger partial charge < -0.3 is 5.32 Å². The molecule has 4 rings (SSSR count). The van der Waals surface area contributed by atoms with Gasteiger partial charge in [0.05, 0.1) is 35.8 Å². The van der Waals surface area contributed by atoms with Gasteiger partial charge in [0.1, 0.15) is 6.54 Å². The Hall–Kier alpha value is -3.36. The molecular weight excluding hydrogens is 346 g/mol. The van der Waals surface area contributed by atoms with Gasteiger partial charge in [0.25, 0.3) is 11.5 Å². The Morgan fingerprint density at radius 3 is 2.52 bits per heavy atom. The van der Waals surface area contributed by atoms with Gasteiger partial charge in [-0.1, -0.05) is 0 Å². The third-order valence-corrected chi connectivity index (χ3v) is 4.33. The molecule has 3 aromatic heterocycles. The Bertz CT molecular complexity index is 1050. The van der Waals surface area contributed by atoms with Crippen LogP contribution in [0.3, 0.4) is 0 Å². The lowest BCUT2D eigenvalue weighted by molar-refractivity contribution is -0.116. The summed E-state index contributed by atoms with van der Waals surface area (Å²) in [5.41, 5.74) is 2.83. The number of rotatable bonds is 5. The summed E-state index contributed by atoms with van der Waals surface area (Å²) < 4.78 is 2.92. The molecule has 1 aliphatic rings. The first-order chi connectivity index (χ1) is 13.0. The SMILES string of the molecule is Cc1cc(C)n(-c2ncc(NC(=O)Cn3cnc(C4CC4)cc3=O)cn2)n1. The van der Waals surface area contributed by atoms with Crippen LogP contribution in [0.25, 0.3) is 5.95 Å². The maximum Gasteiger partial charge on any atom is 0.254 e. The molecule has 27 heavy (non-hydrogen) atoms. The van der Waals surface area contributed by atoms with Crippen molar-refractivity contribution in [3.63, 3.8) is 0 Å². The van der Waals surface area contributed by atoms with Gasteiger partial charge in [-0.15, -0.1) is 0 Å². The van der Waals surface area contributed by atoms with E-state index in [-0.39, 0.29) is 18.0 Å². The highest BCUT2D eigenvalue weighted by molar-refractivity contribution is 5.90. The van der Waals surface area contributed by atoms with Crippen LogP contribution in [0.5, 0.6) is 0 Å². The molecule has 3 aromatic rings. The molecule has 0 aliphatic heterocycles. The fourth-order valence-electron chi connectivity index (χ4n) is 2.84. The van der Waals surface area contributed by atoms with Crippen LogP contribution in [0.1, 0.15) is 35.8 Å². The largest absolute Gasteiger partial charge is 0.322 e. The van der Waals surface area contributed by atoms with E-state index < -0.39 is 0 Å². The Morgan fingerprint density at radius 2 is 1.93 bits per heavy atom. The molecule has 0 unspecified atom stereocenters. The molecule has 1 aliphatic carbocycles. The fourth-order valence-corrected chi connectivity index (χ4v) is 2.84. The lowest BCUT2D eigenvalue weighted by atomic mass is 10.3. The quantitative estimate of drug-likeness (QED) is 0.731. The average molecular weight is 365 g/mol. The van der Waals surface area contributed by atoms with E-state index in [2.05, 4.69) is 25.4 Å². The van der Waals surface area contributed by atoms with Crippen LogP contribution in [0.4, 0.5) is 5.69 Å². The molecular formula is C18H19N7O2. The minimum absolute atomic E-state index is 0.115. The Balaban J connectivity index is 1.42. The van der Waals surface area contributed by atoms with Crippen LogP contribution in [-0.4, -0.2) is 35.2 Å². The predicted octanol–water partition coefficient (Wildman–Crippen LogP) is 1.35. The van der Waals surface area contributed by atoms with Crippen molar-refractivity contribution in [3.8, 4) is 5.95 Å². The van der Waals surface area contributed by atoms with Crippen LogP contribution in [0.2, 0.25) is 0 Å². The summed E-state index contributed by atoms with van der Waals surface area (Å²) in [6, 6.07) is 3.44. The fraction of sp³-hybridized carbons (Fsp3) is 0.333. The number of aromatic nitrogens is 6. The van der Waals surface area contributed by atoms with Crippen LogP contribution >= 0.6 is 0 Å². The smallest absolute Gasteiger partial charge is 0.254 e. The molecule has 3 heterocycles. The highest BCUT2D eigenvalue weighted by Crippen LogP contribution is 2.38. The lowest BCUT2D eigenvalue weighted by Gasteiger charge is -2.08. The summed E-state index contributed by atoms with van der Waals surface area (Å²) >= 11 is 0. The summed E-state index contributed by atoms with van der Waals surface area (Å²) in [4.78, 5) is 37.0. The minimum Gasteiger partial charge on any atom is -0.322 e. The third-order valence-electron chi connectivity index (χ3n) is 4.33. The molecule has 0 atom stereocenters. The van der Waals surface area contributed by atoms with Crippen LogP contribution < -0.4 is 10.9 Å². The zero-order valence-electron chi connectivity index (χ0n) is 15.1. The van der Waals surface area contributed by atoms with Crippen molar-refractivity contribution in [2.24, 2.45) is 0 Å². The van der Waals surface area contributed by atoms with Gasteiger partial charge in [0.2, 0.25) is 5.91 Å². The molecule has 0 spiro atoms. The van der Waals surface area contributed by atoms with Gasteiger partial charge in [-0.05, 0) is 32.8 Å². The number of hydrogen-bond acceptors (Lipinski definition) is 6. The maximum atomic E-state index is 12.2. The van der Waals surface area contributed by atoms with E-state index in [1.54, 1.807) is 4.68 Å².